The summed E-state index contributed by atoms with van der Waals surface area (Å²) in [5.41, 5.74) is 3.20. The van der Waals surface area contributed by atoms with E-state index in [-0.39, 0.29) is 99.8 Å². The molecule has 0 radical (unpaired) electrons. The second kappa shape index (κ2) is 30.8. The number of ether oxygens (including phenoxy) is 2. The van der Waals surface area contributed by atoms with Crippen molar-refractivity contribution in [3.63, 3.8) is 0 Å². The van der Waals surface area contributed by atoms with E-state index in [1.54, 1.807) is 38.1 Å². The number of carboxylic acids is 3. The number of Topliss-reactive ketones (excluding diaryl/α,β-unsaturated/α-hetero) is 2. The number of carboxylic acid groups (broad SMARTS) is 3. The number of rotatable bonds is 9. The zero-order chi connectivity index (χ0) is 44.4. The third-order valence-corrected chi connectivity index (χ3v) is 13.2. The molecular weight excluding hydrogens is 836 g/mol. The molecule has 4 saturated carbocycles. The fourth-order valence-electron chi connectivity index (χ4n) is 9.48. The van der Waals surface area contributed by atoms with Gasteiger partial charge in [-0.3, -0.25) is 28.8 Å². The van der Waals surface area contributed by atoms with Crippen molar-refractivity contribution in [2.45, 2.75) is 131 Å². The maximum Gasteiger partial charge on any atom is 1.00 e. The first-order valence-electron chi connectivity index (χ1n) is 21.6. The third kappa shape index (κ3) is 20.2. The largest absolute Gasteiger partial charge is 1.00 e. The van der Waals surface area contributed by atoms with Crippen molar-refractivity contribution in [3.8, 4) is 11.1 Å². The van der Waals surface area contributed by atoms with Crippen LogP contribution in [0.15, 0.2) is 48.5 Å². The number of hydrogen-bond donors (Lipinski definition) is 3. The summed E-state index contributed by atoms with van der Waals surface area (Å²) in [5, 5.41) is 25.3. The maximum absolute atomic E-state index is 11.5. The molecule has 13 nitrogen and oxygen atoms in total. The number of carbonyl (C=O) groups excluding carboxylic acids is 4. The smallest absolute Gasteiger partial charge is 0.870 e. The summed E-state index contributed by atoms with van der Waals surface area (Å²) >= 11 is 0. The number of carbonyl (C=O) groups is 7. The van der Waals surface area contributed by atoms with E-state index in [9.17, 15) is 28.8 Å². The molecule has 2 aromatic rings. The Morgan fingerprint density at radius 3 is 1.00 bits per heavy atom. The normalized spacial score (nSPS) is 24.8. The van der Waals surface area contributed by atoms with Crippen LogP contribution in [0.25, 0.3) is 11.1 Å². The monoisotopic (exact) mass is 906 g/mol. The number of benzene rings is 2. The molecule has 63 heavy (non-hydrogen) atoms. The Labute approximate surface area is 416 Å². The molecule has 14 heteroatoms. The van der Waals surface area contributed by atoms with E-state index in [0.717, 1.165) is 120 Å². The van der Waals surface area contributed by atoms with E-state index in [1.807, 2.05) is 24.3 Å². The van der Waals surface area contributed by atoms with Crippen molar-refractivity contribution >= 4 is 41.4 Å². The van der Waals surface area contributed by atoms with Gasteiger partial charge in [-0.2, -0.15) is 0 Å². The predicted octanol–water partition coefficient (Wildman–Crippen LogP) is 7.03. The summed E-state index contributed by atoms with van der Waals surface area (Å²) in [6, 6.07) is 14.5. The molecule has 0 atom stereocenters. The van der Waals surface area contributed by atoms with Crippen LogP contribution in [0.2, 0.25) is 0 Å². The van der Waals surface area contributed by atoms with Crippen LogP contribution in [0.4, 0.5) is 0 Å². The second-order valence-corrected chi connectivity index (χ2v) is 17.0. The Bertz CT molecular complexity index is 1670. The van der Waals surface area contributed by atoms with Gasteiger partial charge in [-0.25, -0.2) is 4.79 Å². The quantitative estimate of drug-likeness (QED) is 0.131. The van der Waals surface area contributed by atoms with Crippen molar-refractivity contribution in [1.82, 2.24) is 0 Å². The van der Waals surface area contributed by atoms with Crippen LogP contribution >= 0.6 is 0 Å². The van der Waals surface area contributed by atoms with Crippen LogP contribution in [0.1, 0.15) is 152 Å². The van der Waals surface area contributed by atoms with Gasteiger partial charge < -0.3 is 30.3 Å². The molecular formula is C49H71KO13. The number of aliphatic carboxylic acids is 3. The van der Waals surface area contributed by atoms with Gasteiger partial charge in [-0.1, -0.05) is 43.8 Å². The third-order valence-electron chi connectivity index (χ3n) is 13.2. The fraction of sp³-hybridized carbons (Fsp3) is 0.612. The number of ketones is 2. The summed E-state index contributed by atoms with van der Waals surface area (Å²) in [4.78, 5) is 76.2. The minimum absolute atomic E-state index is 0. The summed E-state index contributed by atoms with van der Waals surface area (Å²) in [5.74, 6) is 0.906. The van der Waals surface area contributed by atoms with Crippen molar-refractivity contribution in [1.29, 1.82) is 0 Å². The molecule has 346 valence electrons. The molecule has 4 aliphatic carbocycles. The van der Waals surface area contributed by atoms with E-state index in [1.165, 1.54) is 27.1 Å². The SMILES string of the molecule is C.CC(=O)O.COC(=O)C1CCC(C2CCC(C(C)=O)CC2)CC1.COC(=O)c1ccc(-c2ccc(C(C)=O)cc2)cc1.O=C(O)C1CCC(C2CCC(C(=O)O)CC2)CC1.[K+].[OH-]. The molecule has 0 aromatic heterocycles. The first-order chi connectivity index (χ1) is 28.5. The number of hydrogen-bond acceptors (Lipinski definition) is 10. The summed E-state index contributed by atoms with van der Waals surface area (Å²) in [6.07, 6.45) is 16.1. The molecule has 0 amide bonds. The summed E-state index contributed by atoms with van der Waals surface area (Å²) in [6.45, 7) is 4.35. The first kappa shape index (κ1) is 59.7. The van der Waals surface area contributed by atoms with E-state index < -0.39 is 17.9 Å². The summed E-state index contributed by atoms with van der Waals surface area (Å²) in [7, 11) is 2.84. The Balaban J connectivity index is 0.000000857. The standard InChI is InChI=1S/C16H26O3.C16H14O3.C14H22O4.C2H4O2.CH4.K.H2O/c2*1-11(17)12-3-5-13(6-4-12)14-7-9-15(10-8-14)16(18)19-2;15-13(16)11-5-1-9(2-6-11)10-3-7-12(8-4-10)14(17)18;1-2(3)4;;;/h12-15H,3-10H2,1-2H3;3-10H,1-2H3;9-12H,1-8H2,(H,15,16)(H,17,18);1H3,(H,3,4);1H4;;1H2/q;;;;;+1;/p-1. The molecule has 0 heterocycles. The van der Waals surface area contributed by atoms with Gasteiger partial charge in [-0.15, -0.1) is 0 Å². The van der Waals surface area contributed by atoms with Crippen LogP contribution in [-0.2, 0) is 33.4 Å². The van der Waals surface area contributed by atoms with Gasteiger partial charge in [0.15, 0.2) is 5.78 Å². The van der Waals surface area contributed by atoms with E-state index in [4.69, 9.17) is 24.9 Å². The first-order valence-corrected chi connectivity index (χ1v) is 21.6. The van der Waals surface area contributed by atoms with Crippen LogP contribution < -0.4 is 51.4 Å². The Kier molecular flexibility index (Phi) is 29.2. The zero-order valence-corrected chi connectivity index (χ0v) is 40.6. The molecule has 0 bridgehead atoms. The molecule has 4 N–H and O–H groups in total. The molecule has 6 rings (SSSR count). The molecule has 4 aliphatic rings. The Morgan fingerprint density at radius 1 is 0.460 bits per heavy atom. The minimum Gasteiger partial charge on any atom is -0.870 e. The van der Waals surface area contributed by atoms with Crippen LogP contribution in [0.3, 0.4) is 0 Å². The average molecular weight is 907 g/mol. The number of esters is 2. The molecule has 4 fully saturated rings. The maximum atomic E-state index is 11.5. The minimum atomic E-state index is -0.833. The van der Waals surface area contributed by atoms with Crippen molar-refractivity contribution < 1.29 is 115 Å². The van der Waals surface area contributed by atoms with Crippen molar-refractivity contribution in [2.24, 2.45) is 47.3 Å². The summed E-state index contributed by atoms with van der Waals surface area (Å²) < 4.78 is 9.48. The van der Waals surface area contributed by atoms with Gasteiger partial charge in [0.05, 0.1) is 37.5 Å². The Morgan fingerprint density at radius 2 is 0.746 bits per heavy atom. The van der Waals surface area contributed by atoms with Gasteiger partial charge in [0.25, 0.3) is 5.97 Å². The van der Waals surface area contributed by atoms with Gasteiger partial charge in [-0.05, 0) is 164 Å². The number of methoxy groups -OCH3 is 2. The van der Waals surface area contributed by atoms with Gasteiger partial charge in [0.1, 0.15) is 5.78 Å². The van der Waals surface area contributed by atoms with E-state index in [0.29, 0.717) is 34.7 Å². The zero-order valence-electron chi connectivity index (χ0n) is 37.5. The molecule has 0 aliphatic heterocycles. The molecule has 2 aromatic carbocycles. The van der Waals surface area contributed by atoms with E-state index in [2.05, 4.69) is 4.74 Å². The average Bonchev–Trinajstić information content (AvgIpc) is 3.26. The van der Waals surface area contributed by atoms with Crippen LogP contribution in [-0.4, -0.2) is 76.4 Å². The Hall–Kier alpha value is -3.27. The fourth-order valence-corrected chi connectivity index (χ4v) is 9.48. The van der Waals surface area contributed by atoms with Gasteiger partial charge in [0, 0.05) is 18.4 Å². The second-order valence-electron chi connectivity index (χ2n) is 17.0. The molecule has 0 spiro atoms. The van der Waals surface area contributed by atoms with Gasteiger partial charge >= 0.3 is 75.3 Å². The van der Waals surface area contributed by atoms with Crippen LogP contribution in [0, 0.1) is 47.3 Å². The predicted molar refractivity (Wildman–Crippen MR) is 235 cm³/mol. The molecule has 0 saturated heterocycles. The van der Waals surface area contributed by atoms with E-state index >= 15 is 0 Å². The molecule has 0 unspecified atom stereocenters. The van der Waals surface area contributed by atoms with Crippen molar-refractivity contribution in [2.75, 3.05) is 14.2 Å². The topological polar surface area (TPSA) is 229 Å². The van der Waals surface area contributed by atoms with Gasteiger partial charge in [0.2, 0.25) is 0 Å². The van der Waals surface area contributed by atoms with Crippen molar-refractivity contribution in [3.05, 3.63) is 59.7 Å². The van der Waals surface area contributed by atoms with Crippen LogP contribution in [0.5, 0.6) is 0 Å².